The highest BCUT2D eigenvalue weighted by Gasteiger charge is 2.23. The fraction of sp³-hybridized carbons (Fsp3) is 0.400. The van der Waals surface area contributed by atoms with E-state index in [2.05, 4.69) is 5.43 Å². The van der Waals surface area contributed by atoms with E-state index in [0.717, 1.165) is 17.5 Å². The summed E-state index contributed by atoms with van der Waals surface area (Å²) in [6.45, 7) is 0. The minimum absolute atomic E-state index is 0.237. The third kappa shape index (κ3) is 1.97. The van der Waals surface area contributed by atoms with Gasteiger partial charge in [0.25, 0.3) is 0 Å². The second-order valence-corrected chi connectivity index (χ2v) is 6.01. The largest absolute Gasteiger partial charge is 0.311 e. The molecule has 0 spiro atoms. The number of rotatable bonds is 2. The molecule has 16 heavy (non-hydrogen) atoms. The molecule has 6 heteroatoms. The lowest BCUT2D eigenvalue weighted by atomic mass is 10.0. The number of aryl methyl sites for hydroxylation is 1. The van der Waals surface area contributed by atoms with Gasteiger partial charge in [0.05, 0.1) is 16.8 Å². The Hall–Kier alpha value is -0.950. The zero-order chi connectivity index (χ0) is 11.8. The molecule has 88 valence electrons. The molecule has 5 nitrogen and oxygen atoms in total. The molecule has 0 saturated heterocycles. The maximum absolute atomic E-state index is 11.8. The van der Waals surface area contributed by atoms with E-state index in [0.29, 0.717) is 11.3 Å². The summed E-state index contributed by atoms with van der Waals surface area (Å²) >= 11 is 0. The van der Waals surface area contributed by atoms with Crippen LogP contribution in [0.15, 0.2) is 23.1 Å². The van der Waals surface area contributed by atoms with Crippen molar-refractivity contribution in [3.63, 3.8) is 0 Å². The molecule has 0 saturated carbocycles. The first-order chi connectivity index (χ1) is 7.54. The maximum atomic E-state index is 11.8. The van der Waals surface area contributed by atoms with Crippen LogP contribution in [0.5, 0.6) is 0 Å². The van der Waals surface area contributed by atoms with Gasteiger partial charge in [0.15, 0.2) is 9.84 Å². The molecule has 0 fully saturated rings. The molecule has 0 aromatic heterocycles. The van der Waals surface area contributed by atoms with Crippen molar-refractivity contribution < 1.29 is 8.42 Å². The van der Waals surface area contributed by atoms with Crippen molar-refractivity contribution in [2.75, 3.05) is 5.75 Å². The lowest BCUT2D eigenvalue weighted by Crippen LogP contribution is -2.34. The van der Waals surface area contributed by atoms with E-state index in [1.54, 1.807) is 12.1 Å². The van der Waals surface area contributed by atoms with Crippen LogP contribution in [0.1, 0.15) is 23.7 Å². The molecule has 1 aromatic rings. The second-order valence-electron chi connectivity index (χ2n) is 3.93. The van der Waals surface area contributed by atoms with E-state index in [9.17, 15) is 8.42 Å². The Balaban J connectivity index is 2.48. The van der Waals surface area contributed by atoms with Crippen molar-refractivity contribution >= 4 is 9.84 Å². The molecule has 0 bridgehead atoms. The first-order valence-corrected chi connectivity index (χ1v) is 6.77. The Morgan fingerprint density at radius 2 is 2.12 bits per heavy atom. The number of nitrogens with two attached hydrogens (primary N) is 2. The summed E-state index contributed by atoms with van der Waals surface area (Å²) in [4.78, 5) is 0.437. The lowest BCUT2D eigenvalue weighted by Gasteiger charge is -2.19. The van der Waals surface area contributed by atoms with Gasteiger partial charge in [-0.15, -0.1) is 0 Å². The average molecular weight is 241 g/mol. The van der Waals surface area contributed by atoms with Crippen LogP contribution in [0, 0.1) is 0 Å². The Bertz CT molecular complexity index is 499. The van der Waals surface area contributed by atoms with Crippen LogP contribution >= 0.6 is 0 Å². The van der Waals surface area contributed by atoms with Gasteiger partial charge in [-0.2, -0.15) is 0 Å². The van der Waals surface area contributed by atoms with Crippen LogP contribution in [0.25, 0.3) is 0 Å². The molecule has 1 atom stereocenters. The van der Waals surface area contributed by atoms with Gasteiger partial charge in [0.2, 0.25) is 0 Å². The van der Waals surface area contributed by atoms with Crippen LogP contribution in [-0.4, -0.2) is 14.2 Å². The number of hydrazine groups is 1. The van der Waals surface area contributed by atoms with E-state index < -0.39 is 16.0 Å². The molecular formula is C10H15N3O2S. The van der Waals surface area contributed by atoms with Crippen molar-refractivity contribution in [3.8, 4) is 0 Å². The zero-order valence-corrected chi connectivity index (χ0v) is 9.63. The fourth-order valence-electron chi connectivity index (χ4n) is 1.95. The molecular weight excluding hydrogens is 226 g/mol. The summed E-state index contributed by atoms with van der Waals surface area (Å²) < 4.78 is 23.5. The minimum atomic E-state index is -3.08. The predicted molar refractivity (Wildman–Crippen MR) is 61.1 cm³/mol. The normalized spacial score (nSPS) is 20.1. The third-order valence-electron chi connectivity index (χ3n) is 2.82. The van der Waals surface area contributed by atoms with Crippen LogP contribution in [0.4, 0.5) is 0 Å². The zero-order valence-electron chi connectivity index (χ0n) is 8.81. The summed E-state index contributed by atoms with van der Waals surface area (Å²) in [6, 6.07) is 5.14. The molecule has 1 heterocycles. The van der Waals surface area contributed by atoms with Crippen molar-refractivity contribution in [2.45, 2.75) is 23.9 Å². The first kappa shape index (κ1) is 11.5. The molecule has 1 aliphatic rings. The molecule has 0 amide bonds. The summed E-state index contributed by atoms with van der Waals surface area (Å²) in [5, 5.41) is 0. The van der Waals surface area contributed by atoms with E-state index >= 15 is 0 Å². The van der Waals surface area contributed by atoms with Crippen LogP contribution in [0.2, 0.25) is 0 Å². The molecule has 2 rings (SSSR count). The second kappa shape index (κ2) is 4.14. The quantitative estimate of drug-likeness (QED) is 0.379. The number of fused-ring (bicyclic) bond motifs is 1. The van der Waals surface area contributed by atoms with Crippen molar-refractivity contribution in [2.24, 2.45) is 11.6 Å². The van der Waals surface area contributed by atoms with Crippen LogP contribution in [0.3, 0.4) is 0 Å². The highest BCUT2D eigenvalue weighted by Crippen LogP contribution is 2.26. The molecule has 0 aliphatic carbocycles. The van der Waals surface area contributed by atoms with Crippen LogP contribution in [-0.2, 0) is 16.3 Å². The SMILES string of the molecule is NNC(N)c1ccc2c(c1)CCCS2(=O)=O. The number of hydrogen-bond acceptors (Lipinski definition) is 5. The third-order valence-corrected chi connectivity index (χ3v) is 4.71. The van der Waals surface area contributed by atoms with E-state index in [-0.39, 0.29) is 5.75 Å². The fourth-order valence-corrected chi connectivity index (χ4v) is 3.53. The topological polar surface area (TPSA) is 98.2 Å². The number of nitrogens with one attached hydrogen (secondary N) is 1. The lowest BCUT2D eigenvalue weighted by molar-refractivity contribution is 0.571. The van der Waals surface area contributed by atoms with E-state index in [4.69, 9.17) is 11.6 Å². The van der Waals surface area contributed by atoms with Crippen molar-refractivity contribution in [3.05, 3.63) is 29.3 Å². The van der Waals surface area contributed by atoms with Gasteiger partial charge in [-0.3, -0.25) is 5.84 Å². The Morgan fingerprint density at radius 1 is 1.38 bits per heavy atom. The Labute approximate surface area is 94.7 Å². The Kier molecular flexibility index (Phi) is 2.98. The summed E-state index contributed by atoms with van der Waals surface area (Å²) in [5.74, 6) is 5.48. The van der Waals surface area contributed by atoms with E-state index in [1.165, 1.54) is 0 Å². The van der Waals surface area contributed by atoms with Gasteiger partial charge in [0, 0.05) is 0 Å². The maximum Gasteiger partial charge on any atom is 0.178 e. The van der Waals surface area contributed by atoms with Gasteiger partial charge >= 0.3 is 0 Å². The van der Waals surface area contributed by atoms with Gasteiger partial charge in [-0.05, 0) is 30.0 Å². The van der Waals surface area contributed by atoms with Crippen molar-refractivity contribution in [1.29, 1.82) is 0 Å². The first-order valence-electron chi connectivity index (χ1n) is 5.12. The van der Waals surface area contributed by atoms with Gasteiger partial charge < -0.3 is 5.73 Å². The molecule has 1 aliphatic heterocycles. The number of sulfone groups is 1. The van der Waals surface area contributed by atoms with Gasteiger partial charge in [0.1, 0.15) is 0 Å². The van der Waals surface area contributed by atoms with Crippen LogP contribution < -0.4 is 17.0 Å². The summed E-state index contributed by atoms with van der Waals surface area (Å²) in [5.41, 5.74) is 9.79. The minimum Gasteiger partial charge on any atom is -0.311 e. The standard InChI is InChI=1S/C10H15N3O2S/c11-10(13-12)8-3-4-9-7(6-8)2-1-5-16(9,14)15/h3-4,6,10,13H,1-2,5,11-12H2. The Morgan fingerprint density at radius 3 is 2.81 bits per heavy atom. The van der Waals surface area contributed by atoms with Gasteiger partial charge in [-0.1, -0.05) is 12.1 Å². The molecule has 5 N–H and O–H groups in total. The van der Waals surface area contributed by atoms with E-state index in [1.807, 2.05) is 6.07 Å². The summed E-state index contributed by atoms with van der Waals surface area (Å²) in [6.07, 6.45) is 0.985. The van der Waals surface area contributed by atoms with Crippen molar-refractivity contribution in [1.82, 2.24) is 5.43 Å². The predicted octanol–water partition coefficient (Wildman–Crippen LogP) is -0.173. The van der Waals surface area contributed by atoms with Gasteiger partial charge in [-0.25, -0.2) is 13.8 Å². The summed E-state index contributed by atoms with van der Waals surface area (Å²) in [7, 11) is -3.08. The molecule has 0 radical (unpaired) electrons. The average Bonchev–Trinajstić information content (AvgIpc) is 2.27. The molecule has 1 unspecified atom stereocenters. The highest BCUT2D eigenvalue weighted by atomic mass is 32.2. The monoisotopic (exact) mass is 241 g/mol. The number of hydrogen-bond donors (Lipinski definition) is 3. The number of benzene rings is 1. The highest BCUT2D eigenvalue weighted by molar-refractivity contribution is 7.91. The molecule has 1 aromatic carbocycles. The smallest absolute Gasteiger partial charge is 0.178 e.